The van der Waals surface area contributed by atoms with Crippen LogP contribution in [-0.2, 0) is 11.4 Å². The van der Waals surface area contributed by atoms with Crippen molar-refractivity contribution in [2.45, 2.75) is 18.4 Å². The number of carbonyl (C=O) groups is 1. The van der Waals surface area contributed by atoms with Gasteiger partial charge in [0.1, 0.15) is 0 Å². The Morgan fingerprint density at radius 3 is 2.65 bits per heavy atom. The van der Waals surface area contributed by atoms with Gasteiger partial charge < -0.3 is 0 Å². The van der Waals surface area contributed by atoms with Gasteiger partial charge in [-0.05, 0) is 36.4 Å². The summed E-state index contributed by atoms with van der Waals surface area (Å²) < 4.78 is 0. The maximum Gasteiger partial charge on any atom is 0.275 e. The predicted molar refractivity (Wildman–Crippen MR) is 81.7 cm³/mol. The van der Waals surface area contributed by atoms with Crippen LogP contribution in [0.25, 0.3) is 0 Å². The van der Waals surface area contributed by atoms with Crippen LogP contribution in [0.5, 0.6) is 0 Å². The second-order valence-electron chi connectivity index (χ2n) is 4.39. The first-order valence-corrected chi connectivity index (χ1v) is 7.54. The molecule has 104 valence electrons. The fourth-order valence-electron chi connectivity index (χ4n) is 1.79. The van der Waals surface area contributed by atoms with Gasteiger partial charge in [0.2, 0.25) is 0 Å². The van der Waals surface area contributed by atoms with Gasteiger partial charge in [-0.25, -0.2) is 5.48 Å². The molecule has 0 aliphatic carbocycles. The molecule has 0 radical (unpaired) electrons. The minimum atomic E-state index is -0.214. The molecular formula is C16H17NO2S. The van der Waals surface area contributed by atoms with Crippen molar-refractivity contribution in [2.75, 3.05) is 6.26 Å². The van der Waals surface area contributed by atoms with Gasteiger partial charge in [-0.15, -0.1) is 11.8 Å². The van der Waals surface area contributed by atoms with E-state index in [4.69, 9.17) is 4.84 Å². The van der Waals surface area contributed by atoms with Crippen molar-refractivity contribution in [3.63, 3.8) is 0 Å². The molecule has 2 aromatic carbocycles. The highest BCUT2D eigenvalue weighted by Gasteiger charge is 2.09. The van der Waals surface area contributed by atoms with Crippen LogP contribution < -0.4 is 5.48 Å². The first-order valence-electron chi connectivity index (χ1n) is 6.31. The molecule has 0 aromatic heterocycles. The molecule has 0 atom stereocenters. The maximum absolute atomic E-state index is 12.1. The Hall–Kier alpha value is -1.78. The largest absolute Gasteiger partial charge is 0.275 e. The number of hydrogen-bond acceptors (Lipinski definition) is 3. The fourth-order valence-corrected chi connectivity index (χ4v) is 2.23. The average molecular weight is 287 g/mol. The minimum Gasteiger partial charge on any atom is -0.269 e. The lowest BCUT2D eigenvalue weighted by Crippen LogP contribution is -2.24. The highest BCUT2D eigenvalue weighted by Crippen LogP contribution is 2.19. The second-order valence-corrected chi connectivity index (χ2v) is 5.27. The van der Waals surface area contributed by atoms with Gasteiger partial charge in [-0.2, -0.15) is 0 Å². The van der Waals surface area contributed by atoms with Gasteiger partial charge in [-0.1, -0.05) is 36.4 Å². The van der Waals surface area contributed by atoms with Crippen molar-refractivity contribution in [1.82, 2.24) is 5.48 Å². The molecule has 0 heterocycles. The molecular weight excluding hydrogens is 270 g/mol. The van der Waals surface area contributed by atoms with E-state index in [9.17, 15) is 4.79 Å². The van der Waals surface area contributed by atoms with Crippen molar-refractivity contribution in [3.8, 4) is 0 Å². The lowest BCUT2D eigenvalue weighted by atomic mass is 10.1. The number of benzene rings is 2. The zero-order chi connectivity index (χ0) is 14.4. The summed E-state index contributed by atoms with van der Waals surface area (Å²) >= 11 is 1.61. The zero-order valence-electron chi connectivity index (χ0n) is 11.6. The number of amides is 1. The van der Waals surface area contributed by atoms with Crippen LogP contribution in [0, 0.1) is 6.92 Å². The van der Waals surface area contributed by atoms with E-state index < -0.39 is 0 Å². The summed E-state index contributed by atoms with van der Waals surface area (Å²) in [6.45, 7) is 2.27. The van der Waals surface area contributed by atoms with Gasteiger partial charge >= 0.3 is 0 Å². The summed E-state index contributed by atoms with van der Waals surface area (Å²) in [6.07, 6.45) is 1.98. The van der Waals surface area contributed by atoms with Gasteiger partial charge in [-0.3, -0.25) is 9.63 Å². The van der Waals surface area contributed by atoms with E-state index in [0.717, 1.165) is 16.0 Å². The van der Waals surface area contributed by atoms with Crippen LogP contribution in [0.3, 0.4) is 0 Å². The molecule has 0 spiro atoms. The molecule has 2 aromatic rings. The maximum atomic E-state index is 12.1. The summed E-state index contributed by atoms with van der Waals surface area (Å²) in [6, 6.07) is 15.5. The monoisotopic (exact) mass is 287 g/mol. The molecule has 2 rings (SSSR count). The summed E-state index contributed by atoms with van der Waals surface area (Å²) in [5.41, 5.74) is 5.08. The number of aryl methyl sites for hydroxylation is 1. The normalized spacial score (nSPS) is 10.3. The number of nitrogens with one attached hydrogen (secondary N) is 1. The highest BCUT2D eigenvalue weighted by molar-refractivity contribution is 7.98. The lowest BCUT2D eigenvalue weighted by molar-refractivity contribution is 0.0233. The highest BCUT2D eigenvalue weighted by atomic mass is 32.2. The number of thioether (sulfide) groups is 1. The van der Waals surface area contributed by atoms with Gasteiger partial charge in [0.05, 0.1) is 6.61 Å². The fraction of sp³-hybridized carbons (Fsp3) is 0.188. The van der Waals surface area contributed by atoms with Crippen molar-refractivity contribution in [2.24, 2.45) is 0 Å². The second kappa shape index (κ2) is 7.12. The first-order chi connectivity index (χ1) is 9.70. The van der Waals surface area contributed by atoms with Crippen molar-refractivity contribution in [1.29, 1.82) is 0 Å². The standard InChI is InChI=1S/C16H17NO2S/c1-12-8-9-14(20-2)10-15(12)16(18)17-19-11-13-6-4-3-5-7-13/h3-10H,11H2,1-2H3,(H,17,18). The molecule has 0 aliphatic rings. The quantitative estimate of drug-likeness (QED) is 0.675. The number of hydrogen-bond donors (Lipinski definition) is 1. The van der Waals surface area contributed by atoms with E-state index in [2.05, 4.69) is 5.48 Å². The smallest absolute Gasteiger partial charge is 0.269 e. The Bertz CT molecular complexity index is 584. The van der Waals surface area contributed by atoms with Crippen LogP contribution >= 0.6 is 11.8 Å². The van der Waals surface area contributed by atoms with Crippen LogP contribution in [0.15, 0.2) is 53.4 Å². The topological polar surface area (TPSA) is 38.3 Å². The Kier molecular flexibility index (Phi) is 5.21. The van der Waals surface area contributed by atoms with Crippen LogP contribution in [0.1, 0.15) is 21.5 Å². The molecule has 3 nitrogen and oxygen atoms in total. The molecule has 0 saturated carbocycles. The minimum absolute atomic E-state index is 0.214. The van der Waals surface area contributed by atoms with E-state index >= 15 is 0 Å². The van der Waals surface area contributed by atoms with Crippen LogP contribution in [-0.4, -0.2) is 12.2 Å². The van der Waals surface area contributed by atoms with Crippen LogP contribution in [0.4, 0.5) is 0 Å². The summed E-state index contributed by atoms with van der Waals surface area (Å²) in [5, 5.41) is 0. The molecule has 0 saturated heterocycles. The van der Waals surface area contributed by atoms with E-state index in [1.165, 1.54) is 0 Å². The third kappa shape index (κ3) is 3.85. The third-order valence-corrected chi connectivity index (χ3v) is 3.66. The summed E-state index contributed by atoms with van der Waals surface area (Å²) in [5.74, 6) is -0.214. The molecule has 0 unspecified atom stereocenters. The predicted octanol–water partition coefficient (Wildman–Crippen LogP) is 3.58. The van der Waals surface area contributed by atoms with Crippen molar-refractivity contribution in [3.05, 3.63) is 65.2 Å². The zero-order valence-corrected chi connectivity index (χ0v) is 12.4. The van der Waals surface area contributed by atoms with E-state index in [0.29, 0.717) is 12.2 Å². The average Bonchev–Trinajstić information content (AvgIpc) is 2.48. The number of rotatable bonds is 5. The van der Waals surface area contributed by atoms with Crippen molar-refractivity contribution >= 4 is 17.7 Å². The van der Waals surface area contributed by atoms with Gasteiger partial charge in [0.15, 0.2) is 0 Å². The van der Waals surface area contributed by atoms with E-state index in [1.807, 2.05) is 61.7 Å². The molecule has 1 amide bonds. The van der Waals surface area contributed by atoms with E-state index in [1.54, 1.807) is 11.8 Å². The Balaban J connectivity index is 1.95. The molecule has 1 N–H and O–H groups in total. The SMILES string of the molecule is CSc1ccc(C)c(C(=O)NOCc2ccccc2)c1. The Morgan fingerprint density at radius 2 is 1.95 bits per heavy atom. The number of carbonyl (C=O) groups excluding carboxylic acids is 1. The third-order valence-electron chi connectivity index (χ3n) is 2.94. The Labute approximate surface area is 123 Å². The lowest BCUT2D eigenvalue weighted by Gasteiger charge is -2.09. The first kappa shape index (κ1) is 14.6. The molecule has 0 aliphatic heterocycles. The van der Waals surface area contributed by atoms with Gasteiger partial charge in [0, 0.05) is 10.5 Å². The Morgan fingerprint density at radius 1 is 1.20 bits per heavy atom. The molecule has 4 heteroatoms. The summed E-state index contributed by atoms with van der Waals surface area (Å²) in [4.78, 5) is 18.4. The molecule has 0 bridgehead atoms. The summed E-state index contributed by atoms with van der Waals surface area (Å²) in [7, 11) is 0. The number of hydroxylamine groups is 1. The molecule has 0 fully saturated rings. The van der Waals surface area contributed by atoms with Gasteiger partial charge in [0.25, 0.3) is 5.91 Å². The van der Waals surface area contributed by atoms with E-state index in [-0.39, 0.29) is 5.91 Å². The van der Waals surface area contributed by atoms with Crippen LogP contribution in [0.2, 0.25) is 0 Å². The van der Waals surface area contributed by atoms with Crippen molar-refractivity contribution < 1.29 is 9.63 Å². The molecule has 20 heavy (non-hydrogen) atoms.